The number of aromatic amines is 1. The first kappa shape index (κ1) is 25.6. The van der Waals surface area contributed by atoms with Crippen molar-refractivity contribution in [1.82, 2.24) is 19.5 Å². The van der Waals surface area contributed by atoms with Gasteiger partial charge >= 0.3 is 0 Å². The van der Waals surface area contributed by atoms with E-state index in [9.17, 15) is 14.4 Å². The molecule has 0 radical (unpaired) electrons. The van der Waals surface area contributed by atoms with Crippen LogP contribution in [0.4, 0.5) is 5.95 Å². The number of amides is 1. The van der Waals surface area contributed by atoms with E-state index >= 15 is 0 Å². The first-order valence-corrected chi connectivity index (χ1v) is 14.8. The molecule has 2 aromatic heterocycles. The van der Waals surface area contributed by atoms with Gasteiger partial charge in [0, 0.05) is 5.92 Å². The molecule has 0 aliphatic carbocycles. The summed E-state index contributed by atoms with van der Waals surface area (Å²) in [5, 5.41) is 2.43. The van der Waals surface area contributed by atoms with Gasteiger partial charge in [0.05, 0.1) is 6.33 Å². The highest BCUT2D eigenvalue weighted by Crippen LogP contribution is 2.46. The number of nitrogens with one attached hydrogen (secondary N) is 2. The summed E-state index contributed by atoms with van der Waals surface area (Å²) < 4.78 is 25.3. The van der Waals surface area contributed by atoms with Crippen molar-refractivity contribution in [2.75, 3.05) is 5.32 Å². The molecule has 0 saturated carbocycles. The molecule has 0 unspecified atom stereocenters. The number of imidazole rings is 1. The van der Waals surface area contributed by atoms with Crippen LogP contribution in [0.1, 0.15) is 40.8 Å². The van der Waals surface area contributed by atoms with Crippen molar-refractivity contribution >= 4 is 49.6 Å². The van der Waals surface area contributed by atoms with Gasteiger partial charge in [-0.1, -0.05) is 34.6 Å². The summed E-state index contributed by atoms with van der Waals surface area (Å²) in [6.45, 7) is 13.7. The van der Waals surface area contributed by atoms with Gasteiger partial charge in [-0.15, -0.1) is 0 Å². The Morgan fingerprint density at radius 1 is 1.31 bits per heavy atom. The number of anilines is 1. The van der Waals surface area contributed by atoms with Gasteiger partial charge in [-0.2, -0.15) is 4.98 Å². The van der Waals surface area contributed by atoms with Gasteiger partial charge in [0.15, 0.2) is 53.6 Å². The van der Waals surface area contributed by atoms with E-state index in [0.29, 0.717) is 0 Å². The number of carbonyl (C=O) groups is 1. The zero-order valence-corrected chi connectivity index (χ0v) is 22.4. The minimum absolute atomic E-state index is 0.0123. The number of ether oxygens (including phenoxy) is 1. The van der Waals surface area contributed by atoms with Crippen LogP contribution in [0, 0.1) is 5.92 Å². The minimum atomic E-state index is -2.37. The van der Waals surface area contributed by atoms with Crippen molar-refractivity contribution in [3.63, 3.8) is 0 Å². The number of H-pyrrole nitrogens is 1. The lowest BCUT2D eigenvalue weighted by atomic mass is 10.1. The maximum atomic E-state index is 12.6. The summed E-state index contributed by atoms with van der Waals surface area (Å²) in [6.07, 6.45) is -1.63. The Kier molecular flexibility index (Phi) is 6.72. The number of nitrogens with zero attached hydrogens (tertiary/aromatic N) is 3. The lowest BCUT2D eigenvalue weighted by Crippen LogP contribution is -2.43. The van der Waals surface area contributed by atoms with Crippen LogP contribution in [0.2, 0.25) is 18.1 Å². The first-order valence-electron chi connectivity index (χ1n) is 11.2. The molecule has 12 nitrogen and oxygen atoms in total. The molecule has 14 heteroatoms. The minimum Gasteiger partial charge on any atom is -0.537 e. The average molecular weight is 524 g/mol. The van der Waals surface area contributed by atoms with Crippen LogP contribution in [0.3, 0.4) is 0 Å². The molecule has 4 atom stereocenters. The molecule has 2 N–H and O–H groups in total. The van der Waals surface area contributed by atoms with Crippen molar-refractivity contribution in [2.45, 2.75) is 77.3 Å². The van der Waals surface area contributed by atoms with E-state index in [4.69, 9.17) is 17.5 Å². The molecule has 2 aromatic rings. The predicted octanol–water partition coefficient (Wildman–Crippen LogP) is 2.70. The van der Waals surface area contributed by atoms with Crippen molar-refractivity contribution in [3.8, 4) is 0 Å². The second kappa shape index (κ2) is 9.19. The van der Waals surface area contributed by atoms with Crippen molar-refractivity contribution in [2.24, 2.45) is 5.92 Å². The highest BCUT2D eigenvalue weighted by molar-refractivity contribution is 7.90. The Balaban J connectivity index is 1.69. The van der Waals surface area contributed by atoms with Gasteiger partial charge in [0.1, 0.15) is 6.10 Å². The molecule has 0 spiro atoms. The summed E-state index contributed by atoms with van der Waals surface area (Å²) in [4.78, 5) is 47.7. The highest BCUT2D eigenvalue weighted by Gasteiger charge is 2.55. The van der Waals surface area contributed by atoms with E-state index in [1.165, 1.54) is 10.9 Å². The molecule has 2 aliphatic rings. The Bertz CT molecular complexity index is 1250. The zero-order valence-electron chi connectivity index (χ0n) is 20.6. The summed E-state index contributed by atoms with van der Waals surface area (Å²) in [6, 6.07) is 0. The third-order valence-electron chi connectivity index (χ3n) is 6.49. The molecule has 2 saturated heterocycles. The Morgan fingerprint density at radius 2 is 2.00 bits per heavy atom. The van der Waals surface area contributed by atoms with Gasteiger partial charge < -0.3 is 9.16 Å². The second-order valence-electron chi connectivity index (χ2n) is 10.3. The quantitative estimate of drug-likeness (QED) is 0.251. The maximum absolute atomic E-state index is 12.6. The Morgan fingerprint density at radius 3 is 2.63 bits per heavy atom. The normalized spacial score (nSPS) is 24.5. The maximum Gasteiger partial charge on any atom is 0.280 e. The van der Waals surface area contributed by atoms with Crippen molar-refractivity contribution in [1.29, 1.82) is 0 Å². The Labute approximate surface area is 207 Å². The molecular weight excluding hydrogens is 494 g/mol. The molecule has 0 aromatic carbocycles. The number of aromatic nitrogens is 4. The van der Waals surface area contributed by atoms with Gasteiger partial charge in [-0.25, -0.2) is 9.78 Å². The van der Waals surface area contributed by atoms with E-state index < -0.39 is 38.4 Å². The third-order valence-corrected chi connectivity index (χ3v) is 11.4. The number of fused-ring (bicyclic) bond motifs is 2. The molecule has 2 fully saturated rings. The summed E-state index contributed by atoms with van der Waals surface area (Å²) in [7, 11) is -2.37. The molecule has 0 bridgehead atoms. The lowest BCUT2D eigenvalue weighted by molar-refractivity contribution is -0.118. The zero-order chi connectivity index (χ0) is 25.7. The molecule has 35 heavy (non-hydrogen) atoms. The lowest BCUT2D eigenvalue weighted by Gasteiger charge is -2.37. The largest absolute Gasteiger partial charge is 0.537 e. The standard InChI is InChI=1S/C21H29N5O7SSi/c1-10(2)17(28)24-20-23-16-12(18(29)25-20)22-9-26(16)19-15-14(31-34-32-15)13(30-19)11(8-27)33-35(6,7)21(3,4)5/h9-10,13-15,19H,1-7H3,(H2,23,24,25,28,29)/t13-,14-,15-,19-/m1/s1. The predicted molar refractivity (Wildman–Crippen MR) is 130 cm³/mol. The van der Waals surface area contributed by atoms with Crippen LogP contribution < -0.4 is 10.9 Å². The second-order valence-corrected chi connectivity index (χ2v) is 15.6. The van der Waals surface area contributed by atoms with Crippen LogP contribution >= 0.6 is 12.3 Å². The number of hydrogen-bond acceptors (Lipinski definition) is 10. The molecule has 190 valence electrons. The molecular formula is C21H29N5O7SSi. The van der Waals surface area contributed by atoms with Crippen LogP contribution in [0.25, 0.3) is 11.2 Å². The topological polar surface area (TPSA) is 147 Å². The van der Waals surface area contributed by atoms with E-state index in [2.05, 4.69) is 41.0 Å². The number of rotatable bonds is 6. The van der Waals surface area contributed by atoms with Gasteiger partial charge in [0.2, 0.25) is 11.9 Å². The molecule has 4 heterocycles. The van der Waals surface area contributed by atoms with Crippen LogP contribution in [0.5, 0.6) is 0 Å². The first-order chi connectivity index (χ1) is 16.3. The van der Waals surface area contributed by atoms with E-state index in [0.717, 1.165) is 12.3 Å². The van der Waals surface area contributed by atoms with E-state index in [1.807, 2.05) is 19.0 Å². The fourth-order valence-electron chi connectivity index (χ4n) is 3.39. The smallest absolute Gasteiger partial charge is 0.280 e. The van der Waals surface area contributed by atoms with Crippen LogP contribution in [0.15, 0.2) is 16.9 Å². The summed E-state index contributed by atoms with van der Waals surface area (Å²) >= 11 is 0.799. The average Bonchev–Trinajstić information content (AvgIpc) is 3.46. The highest BCUT2D eigenvalue weighted by atomic mass is 32.2. The fraction of sp³-hybridized carbons (Fsp3) is 0.619. The van der Waals surface area contributed by atoms with Crippen LogP contribution in [-0.2, 0) is 27.1 Å². The molecule has 4 rings (SSSR count). The summed E-state index contributed by atoms with van der Waals surface area (Å²) in [5.74, 6) is 1.29. The monoisotopic (exact) mass is 523 g/mol. The number of carbonyl (C=O) groups excluding carboxylic acids is 2. The van der Waals surface area contributed by atoms with Crippen molar-refractivity contribution < 1.29 is 27.1 Å². The third kappa shape index (κ3) is 4.69. The summed E-state index contributed by atoms with van der Waals surface area (Å²) in [5.41, 5.74) is -0.280. The van der Waals surface area contributed by atoms with E-state index in [1.54, 1.807) is 13.8 Å². The molecule has 1 amide bonds. The van der Waals surface area contributed by atoms with Gasteiger partial charge in [-0.3, -0.25) is 32.8 Å². The fourth-order valence-corrected chi connectivity index (χ4v) is 5.05. The van der Waals surface area contributed by atoms with Crippen LogP contribution in [-0.4, -0.2) is 58.0 Å². The number of hydrogen-bond donors (Lipinski definition) is 2. The van der Waals surface area contributed by atoms with E-state index in [-0.39, 0.29) is 39.7 Å². The Hall–Kier alpha value is -2.48. The van der Waals surface area contributed by atoms with Gasteiger partial charge in [-0.05, 0) is 18.1 Å². The SMILES string of the molecule is CC(C)C(=O)Nc1nc2c(ncn2[C@@H]2O[C@H](C(=C=O)O[Si](C)(C)C(C)(C)C)[C@H]3OSO[C@H]32)c(=O)[nH]1. The molecule has 2 aliphatic heterocycles. The van der Waals surface area contributed by atoms with Gasteiger partial charge in [0.25, 0.3) is 13.9 Å². The van der Waals surface area contributed by atoms with Crippen molar-refractivity contribution in [3.05, 3.63) is 22.4 Å².